The molecule has 5 atom stereocenters. The van der Waals surface area contributed by atoms with Gasteiger partial charge < -0.3 is 10.2 Å². The fourth-order valence-electron chi connectivity index (χ4n) is 6.26. The lowest BCUT2D eigenvalue weighted by Gasteiger charge is -2.48. The Kier molecular flexibility index (Phi) is 4.64. The van der Waals surface area contributed by atoms with Crippen LogP contribution in [0.4, 0.5) is 0 Å². The predicted octanol–water partition coefficient (Wildman–Crippen LogP) is 4.99. The molecule has 1 heterocycles. The van der Waals surface area contributed by atoms with Crippen LogP contribution in [0.3, 0.4) is 0 Å². The zero-order chi connectivity index (χ0) is 20.1. The van der Waals surface area contributed by atoms with Crippen LogP contribution in [0.2, 0.25) is 0 Å². The molecule has 29 heavy (non-hydrogen) atoms. The zero-order valence-electron chi connectivity index (χ0n) is 17.2. The minimum absolute atomic E-state index is 0.0372. The van der Waals surface area contributed by atoms with Crippen LogP contribution in [0, 0.1) is 17.3 Å². The molecule has 0 spiro atoms. The van der Waals surface area contributed by atoms with Gasteiger partial charge in [0.15, 0.2) is 0 Å². The van der Waals surface area contributed by atoms with Crippen molar-refractivity contribution >= 4 is 6.08 Å². The summed E-state index contributed by atoms with van der Waals surface area (Å²) in [6.07, 6.45) is 21.2. The number of aliphatic hydroxyl groups excluding tert-OH is 1. The Bertz CT molecular complexity index is 912. The van der Waals surface area contributed by atoms with Crippen molar-refractivity contribution in [2.75, 3.05) is 0 Å². The molecule has 4 aliphatic carbocycles. The third kappa shape index (κ3) is 3.15. The van der Waals surface area contributed by atoms with Gasteiger partial charge in [0, 0.05) is 23.7 Å². The summed E-state index contributed by atoms with van der Waals surface area (Å²) < 4.78 is 0. The summed E-state index contributed by atoms with van der Waals surface area (Å²) in [5, 5.41) is 22.1. The highest BCUT2D eigenvalue weighted by atomic mass is 16.3. The van der Waals surface area contributed by atoms with Crippen molar-refractivity contribution in [1.82, 2.24) is 4.98 Å². The largest absolute Gasteiger partial charge is 0.393 e. The van der Waals surface area contributed by atoms with E-state index in [1.807, 2.05) is 12.3 Å². The standard InChI is InChI=1S/C26H31NO2/c1-25-12-11-22-15-20-16-23(28)8-5-19(20)10-13-26(22,29)24(25)9-7-21(25)6-4-18-3-2-14-27-17-18/h2-4,6-7,11,14-15,17,19,23-24,28-29H,5,8-10,12-13,16H2,1H3/b6-4+/t19?,23?,24?,25?,26-/m1/s1. The van der Waals surface area contributed by atoms with E-state index < -0.39 is 5.60 Å². The maximum absolute atomic E-state index is 12.0. The van der Waals surface area contributed by atoms with Crippen LogP contribution < -0.4 is 0 Å². The van der Waals surface area contributed by atoms with E-state index in [4.69, 9.17) is 0 Å². The maximum Gasteiger partial charge on any atom is 0.0933 e. The van der Waals surface area contributed by atoms with Crippen molar-refractivity contribution in [3.8, 4) is 0 Å². The van der Waals surface area contributed by atoms with Gasteiger partial charge in [-0.15, -0.1) is 0 Å². The van der Waals surface area contributed by atoms with Crippen LogP contribution in [-0.2, 0) is 0 Å². The number of rotatable bonds is 2. The normalized spacial score (nSPS) is 39.0. The van der Waals surface area contributed by atoms with Crippen LogP contribution in [0.1, 0.15) is 57.4 Å². The highest BCUT2D eigenvalue weighted by molar-refractivity contribution is 5.55. The topological polar surface area (TPSA) is 53.4 Å². The molecule has 3 nitrogen and oxygen atoms in total. The maximum atomic E-state index is 12.0. The molecule has 0 amide bonds. The van der Waals surface area contributed by atoms with E-state index in [2.05, 4.69) is 48.4 Å². The summed E-state index contributed by atoms with van der Waals surface area (Å²) in [6, 6.07) is 4.03. The number of hydrogen-bond donors (Lipinski definition) is 2. The van der Waals surface area contributed by atoms with E-state index in [0.717, 1.165) is 56.1 Å². The van der Waals surface area contributed by atoms with Crippen molar-refractivity contribution in [3.63, 3.8) is 0 Å². The first-order chi connectivity index (χ1) is 14.0. The minimum atomic E-state index is -0.761. The van der Waals surface area contributed by atoms with E-state index >= 15 is 0 Å². The smallest absolute Gasteiger partial charge is 0.0933 e. The second-order valence-corrected chi connectivity index (χ2v) is 9.66. The number of nitrogens with zero attached hydrogens (tertiary/aromatic N) is 1. The monoisotopic (exact) mass is 389 g/mol. The third-order valence-electron chi connectivity index (χ3n) is 8.02. The van der Waals surface area contributed by atoms with Gasteiger partial charge in [0.05, 0.1) is 11.7 Å². The van der Waals surface area contributed by atoms with Crippen LogP contribution in [0.15, 0.2) is 65.5 Å². The van der Waals surface area contributed by atoms with Gasteiger partial charge in [-0.05, 0) is 73.6 Å². The number of aromatic nitrogens is 1. The molecule has 1 aromatic heterocycles. The molecular weight excluding hydrogens is 358 g/mol. The molecular formula is C26H31NO2. The van der Waals surface area contributed by atoms with Crippen molar-refractivity contribution in [2.24, 2.45) is 17.3 Å². The number of aliphatic hydroxyl groups is 2. The second kappa shape index (κ2) is 7.07. The van der Waals surface area contributed by atoms with E-state index in [1.165, 1.54) is 11.1 Å². The van der Waals surface area contributed by atoms with Crippen LogP contribution >= 0.6 is 0 Å². The fraction of sp³-hybridized carbons (Fsp3) is 0.500. The lowest BCUT2D eigenvalue weighted by Crippen LogP contribution is -2.48. The lowest BCUT2D eigenvalue weighted by atomic mass is 9.59. The molecule has 0 radical (unpaired) electrons. The van der Waals surface area contributed by atoms with Gasteiger partial charge in [0.25, 0.3) is 0 Å². The number of pyridine rings is 1. The molecule has 0 aliphatic heterocycles. The van der Waals surface area contributed by atoms with Gasteiger partial charge in [-0.1, -0.05) is 48.9 Å². The molecule has 0 bridgehead atoms. The zero-order valence-corrected chi connectivity index (χ0v) is 17.2. The van der Waals surface area contributed by atoms with E-state index in [1.54, 1.807) is 6.20 Å². The summed E-state index contributed by atoms with van der Waals surface area (Å²) in [6.45, 7) is 2.32. The molecule has 0 aromatic carbocycles. The first-order valence-corrected chi connectivity index (χ1v) is 11.1. The molecule has 1 aromatic rings. The Balaban J connectivity index is 1.45. The van der Waals surface area contributed by atoms with Crippen molar-refractivity contribution in [3.05, 3.63) is 71.1 Å². The molecule has 1 saturated carbocycles. The fourth-order valence-corrected chi connectivity index (χ4v) is 6.26. The molecule has 1 fully saturated rings. The first kappa shape index (κ1) is 19.0. The van der Waals surface area contributed by atoms with Crippen molar-refractivity contribution in [1.29, 1.82) is 0 Å². The van der Waals surface area contributed by atoms with Gasteiger partial charge >= 0.3 is 0 Å². The van der Waals surface area contributed by atoms with Crippen LogP contribution in [0.5, 0.6) is 0 Å². The Morgan fingerprint density at radius 3 is 2.90 bits per heavy atom. The number of hydrogen-bond acceptors (Lipinski definition) is 3. The van der Waals surface area contributed by atoms with Gasteiger partial charge in [0.2, 0.25) is 0 Å². The van der Waals surface area contributed by atoms with Crippen molar-refractivity contribution in [2.45, 2.75) is 63.6 Å². The second-order valence-electron chi connectivity index (χ2n) is 9.66. The van der Waals surface area contributed by atoms with Crippen LogP contribution in [-0.4, -0.2) is 26.9 Å². The summed E-state index contributed by atoms with van der Waals surface area (Å²) in [5.41, 5.74) is 4.11. The highest BCUT2D eigenvalue weighted by Gasteiger charge is 2.55. The molecule has 3 heteroatoms. The Labute approximate surface area is 173 Å². The van der Waals surface area contributed by atoms with Gasteiger partial charge in [0.1, 0.15) is 0 Å². The lowest BCUT2D eigenvalue weighted by molar-refractivity contribution is -0.0372. The van der Waals surface area contributed by atoms with E-state index in [9.17, 15) is 10.2 Å². The summed E-state index contributed by atoms with van der Waals surface area (Å²) in [5.74, 6) is 0.741. The average molecular weight is 390 g/mol. The summed E-state index contributed by atoms with van der Waals surface area (Å²) in [4.78, 5) is 4.20. The van der Waals surface area contributed by atoms with E-state index in [0.29, 0.717) is 5.92 Å². The molecule has 2 N–H and O–H groups in total. The van der Waals surface area contributed by atoms with Crippen molar-refractivity contribution < 1.29 is 10.2 Å². The minimum Gasteiger partial charge on any atom is -0.393 e. The van der Waals surface area contributed by atoms with Gasteiger partial charge in [-0.25, -0.2) is 0 Å². The molecule has 0 saturated heterocycles. The average Bonchev–Trinajstić information content (AvgIpc) is 2.98. The highest BCUT2D eigenvalue weighted by Crippen LogP contribution is 2.59. The SMILES string of the molecule is CC12CC=C3C=C4CC(O)CCC4CC[C@]3(O)C1CC=C2/C=C/c1cccnc1. The van der Waals surface area contributed by atoms with Gasteiger partial charge in [-0.2, -0.15) is 0 Å². The molecule has 4 unspecified atom stereocenters. The summed E-state index contributed by atoms with van der Waals surface area (Å²) in [7, 11) is 0. The summed E-state index contributed by atoms with van der Waals surface area (Å²) >= 11 is 0. The Hall–Kier alpha value is -1.97. The Morgan fingerprint density at radius 2 is 2.07 bits per heavy atom. The number of fused-ring (bicyclic) bond motifs is 4. The van der Waals surface area contributed by atoms with E-state index in [-0.39, 0.29) is 17.4 Å². The first-order valence-electron chi connectivity index (χ1n) is 11.1. The molecule has 152 valence electrons. The third-order valence-corrected chi connectivity index (χ3v) is 8.02. The van der Waals surface area contributed by atoms with Crippen LogP contribution in [0.25, 0.3) is 6.08 Å². The molecule has 5 rings (SSSR count). The predicted molar refractivity (Wildman–Crippen MR) is 116 cm³/mol. The Morgan fingerprint density at radius 1 is 1.17 bits per heavy atom. The quantitative estimate of drug-likeness (QED) is 0.749. The molecule has 4 aliphatic rings. The van der Waals surface area contributed by atoms with Gasteiger partial charge in [-0.3, -0.25) is 4.98 Å². The number of allylic oxidation sites excluding steroid dienone is 4.